The summed E-state index contributed by atoms with van der Waals surface area (Å²) in [6.07, 6.45) is 1.53. The molecule has 0 radical (unpaired) electrons. The van der Waals surface area contributed by atoms with Crippen molar-refractivity contribution in [1.29, 1.82) is 0 Å². The Balaban J connectivity index is 0.000000428. The largest absolute Gasteiger partial charge is 0.508 e. The predicted molar refractivity (Wildman–Crippen MR) is 82.6 cm³/mol. The molecular formula is C17H28O3. The number of ether oxygens (including phenoxy) is 1. The fourth-order valence-corrected chi connectivity index (χ4v) is 1.60. The minimum Gasteiger partial charge on any atom is -0.508 e. The number of para-hydroxylation sites is 1. The molecule has 0 spiro atoms. The highest BCUT2D eigenvalue weighted by Crippen LogP contribution is 2.16. The van der Waals surface area contributed by atoms with Crippen LogP contribution < -0.4 is 0 Å². The zero-order valence-electron chi connectivity index (χ0n) is 13.3. The number of hydrogen-bond donors (Lipinski definition) is 1. The molecule has 0 aromatic heterocycles. The number of aromatic hydroxyl groups is 1. The maximum atomic E-state index is 11.1. The third-order valence-corrected chi connectivity index (χ3v) is 2.77. The Morgan fingerprint density at radius 1 is 1.15 bits per heavy atom. The van der Waals surface area contributed by atoms with Crippen molar-refractivity contribution >= 4 is 5.97 Å². The van der Waals surface area contributed by atoms with Crippen LogP contribution in [0.3, 0.4) is 0 Å². The fraction of sp³-hybridized carbons (Fsp3) is 0.588. The van der Waals surface area contributed by atoms with E-state index >= 15 is 0 Å². The second-order valence-corrected chi connectivity index (χ2v) is 5.59. The van der Waals surface area contributed by atoms with Gasteiger partial charge in [-0.1, -0.05) is 52.8 Å². The fourth-order valence-electron chi connectivity index (χ4n) is 1.60. The van der Waals surface area contributed by atoms with Gasteiger partial charge in [-0.2, -0.15) is 0 Å². The van der Waals surface area contributed by atoms with Crippen LogP contribution in [-0.2, 0) is 9.53 Å². The summed E-state index contributed by atoms with van der Waals surface area (Å²) in [6.45, 7) is 10.3. The van der Waals surface area contributed by atoms with E-state index in [-0.39, 0.29) is 12.1 Å². The van der Waals surface area contributed by atoms with Crippen LogP contribution in [0.5, 0.6) is 5.75 Å². The SMILES string of the molecule is CCC(=O)OC(CC(C)C)C(C)C.Oc1ccccc1. The average Bonchev–Trinajstić information content (AvgIpc) is 2.38. The normalized spacial score (nSPS) is 11.8. The van der Waals surface area contributed by atoms with Crippen LogP contribution in [0.1, 0.15) is 47.5 Å². The van der Waals surface area contributed by atoms with Gasteiger partial charge in [0.25, 0.3) is 0 Å². The molecular weight excluding hydrogens is 252 g/mol. The molecule has 1 rings (SSSR count). The summed E-state index contributed by atoms with van der Waals surface area (Å²) in [5, 5.41) is 8.63. The van der Waals surface area contributed by atoms with E-state index in [1.807, 2.05) is 13.0 Å². The van der Waals surface area contributed by atoms with Crippen molar-refractivity contribution in [2.45, 2.75) is 53.6 Å². The number of rotatable bonds is 5. The molecule has 0 aliphatic rings. The van der Waals surface area contributed by atoms with Gasteiger partial charge in [0.05, 0.1) is 0 Å². The number of carbonyl (C=O) groups excluding carboxylic acids is 1. The second-order valence-electron chi connectivity index (χ2n) is 5.59. The number of phenolic OH excluding ortho intramolecular Hbond substituents is 1. The molecule has 0 bridgehead atoms. The summed E-state index contributed by atoms with van der Waals surface area (Å²) in [4.78, 5) is 11.1. The highest BCUT2D eigenvalue weighted by molar-refractivity contribution is 5.69. The second kappa shape index (κ2) is 10.3. The number of esters is 1. The molecule has 1 atom stereocenters. The maximum Gasteiger partial charge on any atom is 0.305 e. The molecule has 1 unspecified atom stereocenters. The van der Waals surface area contributed by atoms with E-state index in [9.17, 15) is 4.79 Å². The van der Waals surface area contributed by atoms with E-state index in [0.29, 0.717) is 24.0 Å². The lowest BCUT2D eigenvalue weighted by Crippen LogP contribution is -2.24. The highest BCUT2D eigenvalue weighted by atomic mass is 16.5. The Bertz CT molecular complexity index is 358. The van der Waals surface area contributed by atoms with Crippen LogP contribution >= 0.6 is 0 Å². The van der Waals surface area contributed by atoms with Gasteiger partial charge in [-0.05, 0) is 30.4 Å². The molecule has 0 amide bonds. The molecule has 0 aliphatic heterocycles. The highest BCUT2D eigenvalue weighted by Gasteiger charge is 2.18. The van der Waals surface area contributed by atoms with Crippen LogP contribution in [0.2, 0.25) is 0 Å². The van der Waals surface area contributed by atoms with Crippen molar-refractivity contribution in [3.05, 3.63) is 30.3 Å². The van der Waals surface area contributed by atoms with Gasteiger partial charge in [-0.15, -0.1) is 0 Å². The summed E-state index contributed by atoms with van der Waals surface area (Å²) in [5.41, 5.74) is 0. The monoisotopic (exact) mass is 280 g/mol. The van der Waals surface area contributed by atoms with Crippen molar-refractivity contribution in [3.8, 4) is 5.75 Å². The summed E-state index contributed by atoms with van der Waals surface area (Å²) in [6, 6.07) is 8.71. The Kier molecular flexibility index (Phi) is 9.52. The summed E-state index contributed by atoms with van der Waals surface area (Å²) < 4.78 is 5.33. The molecule has 1 N–H and O–H groups in total. The third-order valence-electron chi connectivity index (χ3n) is 2.77. The van der Waals surface area contributed by atoms with E-state index in [4.69, 9.17) is 9.84 Å². The first-order valence-corrected chi connectivity index (χ1v) is 7.30. The van der Waals surface area contributed by atoms with Crippen LogP contribution in [-0.4, -0.2) is 17.2 Å². The zero-order valence-corrected chi connectivity index (χ0v) is 13.3. The smallest absolute Gasteiger partial charge is 0.305 e. The van der Waals surface area contributed by atoms with E-state index in [1.54, 1.807) is 24.3 Å². The van der Waals surface area contributed by atoms with Gasteiger partial charge in [-0.25, -0.2) is 0 Å². The van der Waals surface area contributed by atoms with Gasteiger partial charge in [0.1, 0.15) is 11.9 Å². The van der Waals surface area contributed by atoms with E-state index in [0.717, 1.165) is 6.42 Å². The van der Waals surface area contributed by atoms with Crippen molar-refractivity contribution < 1.29 is 14.6 Å². The quantitative estimate of drug-likeness (QED) is 0.813. The van der Waals surface area contributed by atoms with Gasteiger partial charge < -0.3 is 9.84 Å². The minimum atomic E-state index is -0.0839. The third kappa shape index (κ3) is 9.42. The first-order chi connectivity index (χ1) is 9.36. The lowest BCUT2D eigenvalue weighted by Gasteiger charge is -2.22. The van der Waals surface area contributed by atoms with Gasteiger partial charge in [0.2, 0.25) is 0 Å². The van der Waals surface area contributed by atoms with Gasteiger partial charge in [0, 0.05) is 6.42 Å². The summed E-state index contributed by atoms with van der Waals surface area (Å²) in [7, 11) is 0. The Morgan fingerprint density at radius 2 is 1.70 bits per heavy atom. The van der Waals surface area contributed by atoms with Gasteiger partial charge in [-0.3, -0.25) is 4.79 Å². The van der Waals surface area contributed by atoms with Crippen LogP contribution in [0.25, 0.3) is 0 Å². The van der Waals surface area contributed by atoms with Crippen LogP contribution in [0.4, 0.5) is 0 Å². The molecule has 20 heavy (non-hydrogen) atoms. The van der Waals surface area contributed by atoms with Crippen LogP contribution in [0, 0.1) is 11.8 Å². The summed E-state index contributed by atoms with van der Waals surface area (Å²) in [5.74, 6) is 1.23. The lowest BCUT2D eigenvalue weighted by molar-refractivity contribution is -0.151. The van der Waals surface area contributed by atoms with E-state index in [2.05, 4.69) is 27.7 Å². The molecule has 3 heteroatoms. The van der Waals surface area contributed by atoms with Crippen molar-refractivity contribution in [2.75, 3.05) is 0 Å². The topological polar surface area (TPSA) is 46.5 Å². The first kappa shape index (κ1) is 18.5. The van der Waals surface area contributed by atoms with Crippen molar-refractivity contribution in [3.63, 3.8) is 0 Å². The number of carbonyl (C=O) groups is 1. The molecule has 0 aliphatic carbocycles. The standard InChI is InChI=1S/C11H22O2.C6H6O/c1-6-11(12)13-10(9(4)5)7-8(2)3;7-6-4-2-1-3-5-6/h8-10H,6-7H2,1-5H3;1-5,7H. The average molecular weight is 280 g/mol. The minimum absolute atomic E-state index is 0.0839. The molecule has 114 valence electrons. The number of phenols is 1. The van der Waals surface area contributed by atoms with Gasteiger partial charge >= 0.3 is 5.97 Å². The predicted octanol–water partition coefficient (Wildman–Crippen LogP) is 4.40. The zero-order chi connectivity index (χ0) is 15.5. The Labute approximate surface area is 123 Å². The molecule has 0 saturated carbocycles. The first-order valence-electron chi connectivity index (χ1n) is 7.30. The Morgan fingerprint density at radius 3 is 2.00 bits per heavy atom. The molecule has 0 saturated heterocycles. The lowest BCUT2D eigenvalue weighted by atomic mass is 9.97. The molecule has 0 heterocycles. The van der Waals surface area contributed by atoms with Gasteiger partial charge in [0.15, 0.2) is 0 Å². The summed E-state index contributed by atoms with van der Waals surface area (Å²) >= 11 is 0. The number of hydrogen-bond acceptors (Lipinski definition) is 3. The molecule has 1 aromatic carbocycles. The number of benzene rings is 1. The maximum absolute atomic E-state index is 11.1. The Hall–Kier alpha value is -1.51. The van der Waals surface area contributed by atoms with Crippen molar-refractivity contribution in [1.82, 2.24) is 0 Å². The molecule has 0 fully saturated rings. The van der Waals surface area contributed by atoms with E-state index < -0.39 is 0 Å². The van der Waals surface area contributed by atoms with E-state index in [1.165, 1.54) is 0 Å². The van der Waals surface area contributed by atoms with Crippen molar-refractivity contribution in [2.24, 2.45) is 11.8 Å². The van der Waals surface area contributed by atoms with Crippen LogP contribution in [0.15, 0.2) is 30.3 Å². The molecule has 1 aromatic rings. The molecule has 3 nitrogen and oxygen atoms in total.